The Morgan fingerprint density at radius 3 is 2.42 bits per heavy atom. The summed E-state index contributed by atoms with van der Waals surface area (Å²) in [7, 11) is 0. The first-order valence-electron chi connectivity index (χ1n) is 7.57. The Bertz CT molecular complexity index is 580. The summed E-state index contributed by atoms with van der Waals surface area (Å²) >= 11 is 0. The van der Waals surface area contributed by atoms with Crippen LogP contribution >= 0.6 is 0 Å². The lowest BCUT2D eigenvalue weighted by molar-refractivity contribution is 0.710. The molecule has 2 aromatic rings. The average Bonchev–Trinajstić information content (AvgIpc) is 2.74. The Morgan fingerprint density at radius 2 is 1.63 bits per heavy atom. The fraction of sp³-hybridized carbons (Fsp3) is 0.368. The van der Waals surface area contributed by atoms with Crippen LogP contribution in [0.3, 0.4) is 0 Å². The van der Waals surface area contributed by atoms with Crippen molar-refractivity contribution in [3.63, 3.8) is 0 Å². The quantitative estimate of drug-likeness (QED) is 0.667. The van der Waals surface area contributed by atoms with E-state index in [0.29, 0.717) is 5.92 Å². The molecule has 0 aliphatic heterocycles. The minimum atomic E-state index is 0.619. The Morgan fingerprint density at radius 1 is 0.842 bits per heavy atom. The van der Waals surface area contributed by atoms with Gasteiger partial charge >= 0.3 is 0 Å². The lowest BCUT2D eigenvalue weighted by Crippen LogP contribution is -1.97. The van der Waals surface area contributed by atoms with E-state index in [-0.39, 0.29) is 0 Å². The van der Waals surface area contributed by atoms with Crippen LogP contribution < -0.4 is 0 Å². The van der Waals surface area contributed by atoms with Crippen molar-refractivity contribution in [2.24, 2.45) is 0 Å². The Kier molecular flexibility index (Phi) is 3.42. The van der Waals surface area contributed by atoms with Gasteiger partial charge in [-0.05, 0) is 40.7 Å². The molecule has 0 spiro atoms. The van der Waals surface area contributed by atoms with Crippen LogP contribution in [0.2, 0.25) is 0 Å². The SMILES string of the molecule is CCCc1ccc2c(c1)C(CCC)c1ccccc1-2. The smallest absolute Gasteiger partial charge is 0.0102 e. The molecular weight excluding hydrogens is 228 g/mol. The third-order valence-electron chi connectivity index (χ3n) is 4.23. The van der Waals surface area contributed by atoms with E-state index in [4.69, 9.17) is 0 Å². The molecule has 0 aromatic heterocycles. The van der Waals surface area contributed by atoms with E-state index in [1.54, 1.807) is 5.56 Å². The molecule has 0 bridgehead atoms. The maximum absolute atomic E-state index is 2.46. The minimum absolute atomic E-state index is 0.619. The molecule has 19 heavy (non-hydrogen) atoms. The number of hydrogen-bond donors (Lipinski definition) is 0. The van der Waals surface area contributed by atoms with Gasteiger partial charge in [-0.1, -0.05) is 69.2 Å². The van der Waals surface area contributed by atoms with Crippen molar-refractivity contribution in [2.75, 3.05) is 0 Å². The van der Waals surface area contributed by atoms with Gasteiger partial charge in [0.05, 0.1) is 0 Å². The van der Waals surface area contributed by atoms with Gasteiger partial charge in [0, 0.05) is 5.92 Å². The second kappa shape index (κ2) is 5.21. The molecule has 0 radical (unpaired) electrons. The second-order valence-corrected chi connectivity index (χ2v) is 5.60. The molecule has 2 aromatic carbocycles. The normalized spacial score (nSPS) is 16.2. The zero-order valence-electron chi connectivity index (χ0n) is 11.9. The molecule has 0 fully saturated rings. The monoisotopic (exact) mass is 250 g/mol. The van der Waals surface area contributed by atoms with Crippen LogP contribution in [0.25, 0.3) is 11.1 Å². The maximum Gasteiger partial charge on any atom is 0.0102 e. The summed E-state index contributed by atoms with van der Waals surface area (Å²) < 4.78 is 0. The summed E-state index contributed by atoms with van der Waals surface area (Å²) in [6.45, 7) is 4.54. The van der Waals surface area contributed by atoms with Crippen molar-refractivity contribution < 1.29 is 0 Å². The van der Waals surface area contributed by atoms with Crippen LogP contribution in [0.4, 0.5) is 0 Å². The zero-order chi connectivity index (χ0) is 13.2. The van der Waals surface area contributed by atoms with Crippen molar-refractivity contribution in [1.82, 2.24) is 0 Å². The van der Waals surface area contributed by atoms with Crippen molar-refractivity contribution in [1.29, 1.82) is 0 Å². The Hall–Kier alpha value is -1.56. The van der Waals surface area contributed by atoms with Crippen LogP contribution in [-0.2, 0) is 6.42 Å². The van der Waals surface area contributed by atoms with Gasteiger partial charge in [-0.2, -0.15) is 0 Å². The second-order valence-electron chi connectivity index (χ2n) is 5.60. The summed E-state index contributed by atoms with van der Waals surface area (Å²) in [4.78, 5) is 0. The van der Waals surface area contributed by atoms with Crippen molar-refractivity contribution in [2.45, 2.75) is 45.4 Å². The Labute approximate surface area is 116 Å². The number of aryl methyl sites for hydroxylation is 1. The van der Waals surface area contributed by atoms with Crippen LogP contribution in [0.15, 0.2) is 42.5 Å². The van der Waals surface area contributed by atoms with Gasteiger partial charge in [0.2, 0.25) is 0 Å². The number of fused-ring (bicyclic) bond motifs is 3. The van der Waals surface area contributed by atoms with Gasteiger partial charge < -0.3 is 0 Å². The van der Waals surface area contributed by atoms with E-state index < -0.39 is 0 Å². The van der Waals surface area contributed by atoms with Gasteiger partial charge in [-0.15, -0.1) is 0 Å². The first-order valence-corrected chi connectivity index (χ1v) is 7.57. The largest absolute Gasteiger partial charge is 0.0653 e. The highest BCUT2D eigenvalue weighted by molar-refractivity contribution is 5.79. The Balaban J connectivity index is 2.11. The van der Waals surface area contributed by atoms with E-state index in [2.05, 4.69) is 56.3 Å². The molecule has 0 amide bonds. The van der Waals surface area contributed by atoms with Gasteiger partial charge in [0.25, 0.3) is 0 Å². The van der Waals surface area contributed by atoms with Gasteiger partial charge in [0.1, 0.15) is 0 Å². The molecule has 1 aliphatic carbocycles. The summed E-state index contributed by atoms with van der Waals surface area (Å²) in [5.74, 6) is 0.619. The standard InChI is InChI=1S/C19H22/c1-3-7-14-11-12-18-17-10-6-5-9-16(17)15(8-4-2)19(18)13-14/h5-6,9-13,15H,3-4,7-8H2,1-2H3. The first kappa shape index (κ1) is 12.5. The topological polar surface area (TPSA) is 0 Å². The predicted octanol–water partition coefficient (Wildman–Crippen LogP) is 5.55. The van der Waals surface area contributed by atoms with Gasteiger partial charge in [-0.3, -0.25) is 0 Å². The molecule has 1 atom stereocenters. The lowest BCUT2D eigenvalue weighted by Gasteiger charge is -2.13. The van der Waals surface area contributed by atoms with E-state index in [9.17, 15) is 0 Å². The van der Waals surface area contributed by atoms with Crippen LogP contribution in [0.5, 0.6) is 0 Å². The molecule has 3 rings (SSSR count). The molecule has 0 saturated carbocycles. The minimum Gasteiger partial charge on any atom is -0.0653 e. The first-order chi connectivity index (χ1) is 9.35. The summed E-state index contributed by atoms with van der Waals surface area (Å²) in [5.41, 5.74) is 7.52. The highest BCUT2D eigenvalue weighted by Gasteiger charge is 2.27. The van der Waals surface area contributed by atoms with Crippen molar-refractivity contribution in [3.05, 3.63) is 59.2 Å². The van der Waals surface area contributed by atoms with Crippen LogP contribution in [0.1, 0.15) is 55.7 Å². The number of rotatable bonds is 4. The van der Waals surface area contributed by atoms with Crippen LogP contribution in [0, 0.1) is 0 Å². The molecule has 1 aliphatic rings. The maximum atomic E-state index is 2.46. The highest BCUT2D eigenvalue weighted by atomic mass is 14.3. The predicted molar refractivity (Wildman–Crippen MR) is 82.6 cm³/mol. The zero-order valence-corrected chi connectivity index (χ0v) is 11.9. The molecule has 0 heteroatoms. The summed E-state index contributed by atoms with van der Waals surface area (Å²) in [6, 6.07) is 16.1. The number of benzene rings is 2. The van der Waals surface area contributed by atoms with Crippen molar-refractivity contribution in [3.8, 4) is 11.1 Å². The van der Waals surface area contributed by atoms with E-state index >= 15 is 0 Å². The van der Waals surface area contributed by atoms with Crippen molar-refractivity contribution >= 4 is 0 Å². The van der Waals surface area contributed by atoms with E-state index in [1.807, 2.05) is 0 Å². The van der Waals surface area contributed by atoms with Crippen LogP contribution in [-0.4, -0.2) is 0 Å². The fourth-order valence-electron chi connectivity index (χ4n) is 3.40. The molecular formula is C19H22. The average molecular weight is 250 g/mol. The highest BCUT2D eigenvalue weighted by Crippen LogP contribution is 2.46. The van der Waals surface area contributed by atoms with E-state index in [0.717, 1.165) is 0 Å². The molecule has 0 nitrogen and oxygen atoms in total. The molecule has 0 saturated heterocycles. The summed E-state index contributed by atoms with van der Waals surface area (Å²) in [5, 5.41) is 0. The van der Waals surface area contributed by atoms with Gasteiger partial charge in [0.15, 0.2) is 0 Å². The number of hydrogen-bond acceptors (Lipinski definition) is 0. The third kappa shape index (κ3) is 2.10. The molecule has 0 heterocycles. The third-order valence-corrected chi connectivity index (χ3v) is 4.23. The fourth-order valence-corrected chi connectivity index (χ4v) is 3.40. The molecule has 98 valence electrons. The van der Waals surface area contributed by atoms with Gasteiger partial charge in [-0.25, -0.2) is 0 Å². The lowest BCUT2D eigenvalue weighted by atomic mass is 9.91. The summed E-state index contributed by atoms with van der Waals surface area (Å²) in [6.07, 6.45) is 4.93. The van der Waals surface area contributed by atoms with E-state index in [1.165, 1.54) is 47.9 Å². The molecule has 0 N–H and O–H groups in total. The molecule has 1 unspecified atom stereocenters.